The highest BCUT2D eigenvalue weighted by Gasteiger charge is 2.35. The average Bonchev–Trinajstić information content (AvgIpc) is 3.07. The number of halogens is 1. The van der Waals surface area contributed by atoms with E-state index >= 15 is 0 Å². The second-order valence-electron chi connectivity index (χ2n) is 8.39. The number of piperidine rings is 1. The number of imidazole rings is 1. The van der Waals surface area contributed by atoms with Gasteiger partial charge in [-0.15, -0.1) is 12.4 Å². The lowest BCUT2D eigenvalue weighted by Gasteiger charge is -2.42. The van der Waals surface area contributed by atoms with E-state index < -0.39 is 0 Å². The molecule has 1 aromatic heterocycles. The lowest BCUT2D eigenvalue weighted by molar-refractivity contribution is -0.134. The van der Waals surface area contributed by atoms with E-state index in [0.717, 1.165) is 42.1 Å². The first kappa shape index (κ1) is 21.3. The van der Waals surface area contributed by atoms with Gasteiger partial charge in [0.2, 0.25) is 5.91 Å². The standard InChI is InChI=1S/C23H28N4O.ClH/c1-23(2)16-26(15-14-20(23)24)22(28)13-12-21-25-18-10-6-7-11-19(18)27(21)17-8-4-3-5-9-17;/h3-11,20H,12-16,24H2,1-2H3;1H. The number of fused-ring (bicyclic) bond motifs is 1. The summed E-state index contributed by atoms with van der Waals surface area (Å²) in [5.41, 5.74) is 9.28. The molecule has 4 rings (SSSR count). The zero-order valence-electron chi connectivity index (χ0n) is 17.0. The third kappa shape index (κ3) is 4.31. The first-order chi connectivity index (χ1) is 13.5. The molecule has 1 atom stereocenters. The third-order valence-electron chi connectivity index (χ3n) is 5.87. The van der Waals surface area contributed by atoms with Crippen molar-refractivity contribution >= 4 is 29.3 Å². The Balaban J connectivity index is 0.00000240. The van der Waals surface area contributed by atoms with Crippen molar-refractivity contribution < 1.29 is 4.79 Å². The average molecular weight is 413 g/mol. The number of nitrogens with zero attached hydrogens (tertiary/aromatic N) is 3. The van der Waals surface area contributed by atoms with Crippen LogP contribution in [0.25, 0.3) is 16.7 Å². The molecule has 1 aliphatic heterocycles. The molecule has 1 aliphatic rings. The highest BCUT2D eigenvalue weighted by molar-refractivity contribution is 5.85. The van der Waals surface area contributed by atoms with Crippen LogP contribution in [0.1, 0.15) is 32.5 Å². The van der Waals surface area contributed by atoms with E-state index in [-0.39, 0.29) is 29.8 Å². The largest absolute Gasteiger partial charge is 0.342 e. The Kier molecular flexibility index (Phi) is 6.30. The normalized spacial score (nSPS) is 18.4. The molecule has 0 radical (unpaired) electrons. The maximum absolute atomic E-state index is 12.9. The fraction of sp³-hybridized carbons (Fsp3) is 0.391. The molecule has 154 valence electrons. The van der Waals surface area contributed by atoms with Gasteiger partial charge in [-0.05, 0) is 36.1 Å². The van der Waals surface area contributed by atoms with Gasteiger partial charge < -0.3 is 10.6 Å². The lowest BCUT2D eigenvalue weighted by Crippen LogP contribution is -2.54. The summed E-state index contributed by atoms with van der Waals surface area (Å²) in [7, 11) is 0. The van der Waals surface area contributed by atoms with E-state index in [1.54, 1.807) is 0 Å². The number of para-hydroxylation sites is 3. The first-order valence-corrected chi connectivity index (χ1v) is 10.0. The molecule has 5 nitrogen and oxygen atoms in total. The number of amides is 1. The first-order valence-electron chi connectivity index (χ1n) is 10.0. The minimum absolute atomic E-state index is 0. The number of nitrogens with two attached hydrogens (primary N) is 1. The van der Waals surface area contributed by atoms with Gasteiger partial charge in [-0.3, -0.25) is 9.36 Å². The van der Waals surface area contributed by atoms with Crippen molar-refractivity contribution in [3.8, 4) is 5.69 Å². The maximum Gasteiger partial charge on any atom is 0.223 e. The van der Waals surface area contributed by atoms with E-state index in [4.69, 9.17) is 10.7 Å². The second-order valence-corrected chi connectivity index (χ2v) is 8.39. The molecule has 3 aromatic rings. The monoisotopic (exact) mass is 412 g/mol. The van der Waals surface area contributed by atoms with Crippen molar-refractivity contribution in [2.24, 2.45) is 11.1 Å². The van der Waals surface area contributed by atoms with Gasteiger partial charge >= 0.3 is 0 Å². The number of hydrogen-bond donors (Lipinski definition) is 1. The van der Waals surface area contributed by atoms with Crippen LogP contribution in [0, 0.1) is 5.41 Å². The molecular weight excluding hydrogens is 384 g/mol. The predicted octanol–water partition coefficient (Wildman–Crippen LogP) is 3.97. The van der Waals surface area contributed by atoms with Crippen molar-refractivity contribution in [2.75, 3.05) is 13.1 Å². The minimum atomic E-state index is -0.0366. The molecule has 6 heteroatoms. The summed E-state index contributed by atoms with van der Waals surface area (Å²) < 4.78 is 2.17. The number of carbonyl (C=O) groups is 1. The summed E-state index contributed by atoms with van der Waals surface area (Å²) in [5, 5.41) is 0. The van der Waals surface area contributed by atoms with Gasteiger partial charge in [0.25, 0.3) is 0 Å². The van der Waals surface area contributed by atoms with Crippen molar-refractivity contribution in [2.45, 2.75) is 39.2 Å². The van der Waals surface area contributed by atoms with Crippen molar-refractivity contribution in [1.29, 1.82) is 0 Å². The summed E-state index contributed by atoms with van der Waals surface area (Å²) in [6, 6.07) is 18.5. The molecular formula is C23H29ClN4O. The van der Waals surface area contributed by atoms with Crippen LogP contribution in [0.5, 0.6) is 0 Å². The van der Waals surface area contributed by atoms with Gasteiger partial charge in [0.1, 0.15) is 5.82 Å². The van der Waals surface area contributed by atoms with Crippen LogP contribution in [-0.4, -0.2) is 39.5 Å². The van der Waals surface area contributed by atoms with Crippen LogP contribution in [0.3, 0.4) is 0 Å². The van der Waals surface area contributed by atoms with Gasteiger partial charge in [-0.1, -0.05) is 44.2 Å². The molecule has 29 heavy (non-hydrogen) atoms. The zero-order valence-corrected chi connectivity index (χ0v) is 17.9. The van der Waals surface area contributed by atoms with Crippen molar-refractivity contribution in [3.63, 3.8) is 0 Å². The number of rotatable bonds is 4. The van der Waals surface area contributed by atoms with Gasteiger partial charge in [-0.2, -0.15) is 0 Å². The van der Waals surface area contributed by atoms with Crippen LogP contribution in [0.4, 0.5) is 0 Å². The van der Waals surface area contributed by atoms with E-state index in [9.17, 15) is 4.79 Å². The molecule has 1 fully saturated rings. The number of aromatic nitrogens is 2. The Hall–Kier alpha value is -2.37. The van der Waals surface area contributed by atoms with Crippen LogP contribution < -0.4 is 5.73 Å². The maximum atomic E-state index is 12.9. The van der Waals surface area contributed by atoms with Gasteiger partial charge in [-0.25, -0.2) is 4.98 Å². The van der Waals surface area contributed by atoms with Gasteiger partial charge in [0.05, 0.1) is 11.0 Å². The summed E-state index contributed by atoms with van der Waals surface area (Å²) in [4.78, 5) is 19.7. The second kappa shape index (κ2) is 8.56. The molecule has 1 amide bonds. The minimum Gasteiger partial charge on any atom is -0.342 e. The molecule has 2 N–H and O–H groups in total. The molecule has 0 spiro atoms. The van der Waals surface area contributed by atoms with Crippen LogP contribution >= 0.6 is 12.4 Å². The predicted molar refractivity (Wildman–Crippen MR) is 120 cm³/mol. The van der Waals surface area contributed by atoms with Gasteiger partial charge in [0.15, 0.2) is 0 Å². The summed E-state index contributed by atoms with van der Waals surface area (Å²) in [6.07, 6.45) is 1.94. The summed E-state index contributed by atoms with van der Waals surface area (Å²) in [6.45, 7) is 5.76. The van der Waals surface area contributed by atoms with Gasteiger partial charge in [0, 0.05) is 37.7 Å². The number of benzene rings is 2. The molecule has 2 aromatic carbocycles. The van der Waals surface area contributed by atoms with Crippen molar-refractivity contribution in [3.05, 3.63) is 60.4 Å². The zero-order chi connectivity index (χ0) is 19.7. The summed E-state index contributed by atoms with van der Waals surface area (Å²) >= 11 is 0. The van der Waals surface area contributed by atoms with E-state index in [1.807, 2.05) is 41.3 Å². The Labute approximate surface area is 178 Å². The topological polar surface area (TPSA) is 64.2 Å². The third-order valence-corrected chi connectivity index (χ3v) is 5.87. The fourth-order valence-corrected chi connectivity index (χ4v) is 4.07. The number of likely N-dealkylation sites (tertiary alicyclic amines) is 1. The Bertz CT molecular complexity index is 983. The number of aryl methyl sites for hydroxylation is 1. The molecule has 1 saturated heterocycles. The Morgan fingerprint density at radius 2 is 1.83 bits per heavy atom. The van der Waals surface area contributed by atoms with Crippen LogP contribution in [0.15, 0.2) is 54.6 Å². The molecule has 2 heterocycles. The Morgan fingerprint density at radius 1 is 1.14 bits per heavy atom. The van der Waals surface area contributed by atoms with Crippen LogP contribution in [-0.2, 0) is 11.2 Å². The van der Waals surface area contributed by atoms with Crippen LogP contribution in [0.2, 0.25) is 0 Å². The number of hydrogen-bond acceptors (Lipinski definition) is 3. The molecule has 0 aliphatic carbocycles. The molecule has 0 bridgehead atoms. The lowest BCUT2D eigenvalue weighted by atomic mass is 9.79. The fourth-order valence-electron chi connectivity index (χ4n) is 4.07. The van der Waals surface area contributed by atoms with E-state index in [0.29, 0.717) is 12.8 Å². The molecule has 0 saturated carbocycles. The Morgan fingerprint density at radius 3 is 2.55 bits per heavy atom. The quantitative estimate of drug-likeness (QED) is 0.705. The highest BCUT2D eigenvalue weighted by atomic mass is 35.5. The SMILES string of the molecule is CC1(C)CN(C(=O)CCc2nc3ccccc3n2-c2ccccc2)CCC1N.Cl. The summed E-state index contributed by atoms with van der Waals surface area (Å²) in [5.74, 6) is 1.11. The smallest absolute Gasteiger partial charge is 0.223 e. The number of carbonyl (C=O) groups excluding carboxylic acids is 1. The van der Waals surface area contributed by atoms with Crippen molar-refractivity contribution in [1.82, 2.24) is 14.5 Å². The highest BCUT2D eigenvalue weighted by Crippen LogP contribution is 2.28. The molecule has 1 unspecified atom stereocenters. The van der Waals surface area contributed by atoms with E-state index in [2.05, 4.69) is 36.6 Å². The van der Waals surface area contributed by atoms with E-state index in [1.165, 1.54) is 0 Å².